The maximum Gasteiger partial charge on any atom is 0.341 e. The number of para-hydroxylation sites is 1. The Morgan fingerprint density at radius 3 is 2.29 bits per heavy atom. The molecule has 0 atom stereocenters. The van der Waals surface area contributed by atoms with Gasteiger partial charge in [-0.15, -0.1) is 0 Å². The largest absolute Gasteiger partial charge is 0.341 e. The number of carbonyl (C=O) groups is 2. The normalized spacial score (nSPS) is 15.7. The molecule has 0 unspecified atom stereocenters. The SMILES string of the molecule is O=C(CN1CCC(C(=O)c2ccc(Cl)cc2)CC1)Nc1ccccc1S(=O)(=O)C(F)F. The zero-order valence-electron chi connectivity index (χ0n) is 16.4. The van der Waals surface area contributed by atoms with Gasteiger partial charge in [0.15, 0.2) is 5.78 Å². The number of carbonyl (C=O) groups excluding carboxylic acids is 2. The van der Waals surface area contributed by atoms with E-state index >= 15 is 0 Å². The summed E-state index contributed by atoms with van der Waals surface area (Å²) in [6.45, 7) is 0.980. The van der Waals surface area contributed by atoms with E-state index in [1.165, 1.54) is 18.2 Å². The Balaban J connectivity index is 1.57. The molecule has 0 bridgehead atoms. The highest BCUT2D eigenvalue weighted by Gasteiger charge is 2.30. The number of Topliss-reactive ketones (excluding diaryl/α,β-unsaturated/α-hetero) is 1. The predicted molar refractivity (Wildman–Crippen MR) is 113 cm³/mol. The van der Waals surface area contributed by atoms with Crippen molar-refractivity contribution in [3.05, 3.63) is 59.1 Å². The fourth-order valence-corrected chi connectivity index (χ4v) is 4.52. The van der Waals surface area contributed by atoms with Gasteiger partial charge in [0, 0.05) is 16.5 Å². The minimum atomic E-state index is -4.84. The highest BCUT2D eigenvalue weighted by atomic mass is 35.5. The smallest absolute Gasteiger partial charge is 0.324 e. The minimum Gasteiger partial charge on any atom is -0.324 e. The van der Waals surface area contributed by atoms with Crippen molar-refractivity contribution in [2.45, 2.75) is 23.5 Å². The Labute approximate surface area is 184 Å². The first-order chi connectivity index (χ1) is 14.7. The standard InChI is InChI=1S/C21H21ClF2N2O4S/c22-16-7-5-14(6-8-16)20(28)15-9-11-26(12-10-15)13-19(27)25-17-3-1-2-4-18(17)31(29,30)21(23)24/h1-8,15,21H,9-13H2,(H,25,27). The fourth-order valence-electron chi connectivity index (χ4n) is 3.51. The summed E-state index contributed by atoms with van der Waals surface area (Å²) in [4.78, 5) is 26.2. The number of ketones is 1. The third-order valence-electron chi connectivity index (χ3n) is 5.16. The van der Waals surface area contributed by atoms with Crippen molar-refractivity contribution < 1.29 is 26.8 Å². The van der Waals surface area contributed by atoms with Crippen LogP contribution in [-0.2, 0) is 14.6 Å². The first kappa shape index (κ1) is 23.3. The van der Waals surface area contributed by atoms with E-state index in [4.69, 9.17) is 11.6 Å². The van der Waals surface area contributed by atoms with Crippen molar-refractivity contribution in [1.29, 1.82) is 0 Å². The van der Waals surface area contributed by atoms with Gasteiger partial charge in [0.1, 0.15) is 0 Å². The van der Waals surface area contributed by atoms with E-state index in [1.54, 1.807) is 24.3 Å². The average molecular weight is 471 g/mol. The van der Waals surface area contributed by atoms with E-state index in [9.17, 15) is 26.8 Å². The van der Waals surface area contributed by atoms with Crippen LogP contribution in [-0.4, -0.2) is 50.4 Å². The summed E-state index contributed by atoms with van der Waals surface area (Å²) in [5.41, 5.74) is 0.415. The van der Waals surface area contributed by atoms with Crippen molar-refractivity contribution in [2.24, 2.45) is 5.92 Å². The zero-order valence-corrected chi connectivity index (χ0v) is 18.0. The Kier molecular flexibility index (Phi) is 7.40. The molecule has 2 aromatic rings. The second-order valence-electron chi connectivity index (χ2n) is 7.27. The Hall–Kier alpha value is -2.36. The van der Waals surface area contributed by atoms with Gasteiger partial charge in [0.25, 0.3) is 0 Å². The molecular weight excluding hydrogens is 450 g/mol. The van der Waals surface area contributed by atoms with Gasteiger partial charge in [-0.3, -0.25) is 14.5 Å². The molecule has 1 heterocycles. The third-order valence-corrected chi connectivity index (χ3v) is 6.85. The number of sulfone groups is 1. The van der Waals surface area contributed by atoms with E-state index in [0.717, 1.165) is 6.07 Å². The highest BCUT2D eigenvalue weighted by molar-refractivity contribution is 7.91. The first-order valence-corrected chi connectivity index (χ1v) is 11.5. The Bertz CT molecular complexity index is 1050. The molecule has 1 N–H and O–H groups in total. The number of hydrogen-bond acceptors (Lipinski definition) is 5. The molecule has 0 aromatic heterocycles. The summed E-state index contributed by atoms with van der Waals surface area (Å²) in [7, 11) is -4.84. The summed E-state index contributed by atoms with van der Waals surface area (Å²) in [6, 6.07) is 11.8. The Morgan fingerprint density at radius 2 is 1.68 bits per heavy atom. The number of nitrogens with zero attached hydrogens (tertiary/aromatic N) is 1. The number of hydrogen-bond donors (Lipinski definition) is 1. The third kappa shape index (κ3) is 5.66. The lowest BCUT2D eigenvalue weighted by molar-refractivity contribution is -0.117. The molecule has 1 saturated heterocycles. The van der Waals surface area contributed by atoms with Gasteiger partial charge in [-0.1, -0.05) is 23.7 Å². The maximum absolute atomic E-state index is 12.9. The average Bonchev–Trinajstić information content (AvgIpc) is 2.74. The van der Waals surface area contributed by atoms with E-state index in [-0.39, 0.29) is 23.9 Å². The van der Waals surface area contributed by atoms with Crippen LogP contribution < -0.4 is 5.32 Å². The topological polar surface area (TPSA) is 83.6 Å². The number of piperidine rings is 1. The number of alkyl halides is 2. The lowest BCUT2D eigenvalue weighted by Crippen LogP contribution is -2.40. The van der Waals surface area contributed by atoms with Crippen LogP contribution in [0.5, 0.6) is 0 Å². The molecular formula is C21H21ClF2N2O4S. The quantitative estimate of drug-likeness (QED) is 0.621. The van der Waals surface area contributed by atoms with Gasteiger partial charge in [0.05, 0.1) is 17.1 Å². The van der Waals surface area contributed by atoms with Crippen LogP contribution in [0.15, 0.2) is 53.4 Å². The maximum atomic E-state index is 12.9. The molecule has 0 aliphatic carbocycles. The molecule has 1 aliphatic heterocycles. The fraction of sp³-hybridized carbons (Fsp3) is 0.333. The van der Waals surface area contributed by atoms with Crippen molar-refractivity contribution in [2.75, 3.05) is 25.0 Å². The summed E-state index contributed by atoms with van der Waals surface area (Å²) in [5.74, 6) is -4.22. The first-order valence-electron chi connectivity index (χ1n) is 9.61. The number of nitrogens with one attached hydrogen (secondary N) is 1. The monoisotopic (exact) mass is 470 g/mol. The molecule has 166 valence electrons. The van der Waals surface area contributed by atoms with Crippen LogP contribution in [0.2, 0.25) is 5.02 Å². The lowest BCUT2D eigenvalue weighted by Gasteiger charge is -2.30. The van der Waals surface area contributed by atoms with Crippen LogP contribution in [0.25, 0.3) is 0 Å². The molecule has 31 heavy (non-hydrogen) atoms. The molecule has 10 heteroatoms. The summed E-state index contributed by atoms with van der Waals surface area (Å²) in [6.07, 6.45) is 1.15. The van der Waals surface area contributed by atoms with Crippen molar-refractivity contribution in [3.63, 3.8) is 0 Å². The molecule has 1 aliphatic rings. The number of likely N-dealkylation sites (tertiary alicyclic amines) is 1. The van der Waals surface area contributed by atoms with E-state index in [1.807, 2.05) is 4.90 Å². The zero-order chi connectivity index (χ0) is 22.6. The van der Waals surface area contributed by atoms with Gasteiger partial charge < -0.3 is 5.32 Å². The van der Waals surface area contributed by atoms with E-state index < -0.39 is 26.4 Å². The van der Waals surface area contributed by atoms with Gasteiger partial charge in [-0.2, -0.15) is 8.78 Å². The van der Waals surface area contributed by atoms with Crippen LogP contribution in [0.4, 0.5) is 14.5 Å². The second kappa shape index (κ2) is 9.84. The lowest BCUT2D eigenvalue weighted by atomic mass is 9.89. The Morgan fingerprint density at radius 1 is 1.06 bits per heavy atom. The number of anilines is 1. The van der Waals surface area contributed by atoms with Gasteiger partial charge in [0.2, 0.25) is 15.7 Å². The van der Waals surface area contributed by atoms with Gasteiger partial charge in [-0.25, -0.2) is 8.42 Å². The summed E-state index contributed by atoms with van der Waals surface area (Å²) >= 11 is 5.85. The van der Waals surface area contributed by atoms with E-state index in [2.05, 4.69) is 5.32 Å². The molecule has 0 spiro atoms. The molecule has 0 saturated carbocycles. The molecule has 6 nitrogen and oxygen atoms in total. The second-order valence-corrected chi connectivity index (χ2v) is 9.59. The molecule has 0 radical (unpaired) electrons. The number of benzene rings is 2. The van der Waals surface area contributed by atoms with Crippen LogP contribution in [0, 0.1) is 5.92 Å². The number of amides is 1. The molecule has 1 amide bonds. The van der Waals surface area contributed by atoms with E-state index in [0.29, 0.717) is 36.5 Å². The summed E-state index contributed by atoms with van der Waals surface area (Å²) in [5, 5.41) is 2.97. The van der Waals surface area contributed by atoms with Crippen LogP contribution in [0.1, 0.15) is 23.2 Å². The van der Waals surface area contributed by atoms with Crippen LogP contribution >= 0.6 is 11.6 Å². The van der Waals surface area contributed by atoms with Crippen molar-refractivity contribution in [1.82, 2.24) is 4.90 Å². The predicted octanol–water partition coefficient (Wildman–Crippen LogP) is 3.87. The highest BCUT2D eigenvalue weighted by Crippen LogP contribution is 2.26. The molecule has 2 aromatic carbocycles. The van der Waals surface area contributed by atoms with Crippen molar-refractivity contribution in [3.8, 4) is 0 Å². The summed E-state index contributed by atoms with van der Waals surface area (Å²) < 4.78 is 49.4. The van der Waals surface area contributed by atoms with Crippen LogP contribution in [0.3, 0.4) is 0 Å². The van der Waals surface area contributed by atoms with Gasteiger partial charge >= 0.3 is 5.76 Å². The molecule has 1 fully saturated rings. The number of rotatable bonds is 7. The van der Waals surface area contributed by atoms with Gasteiger partial charge in [-0.05, 0) is 62.3 Å². The minimum absolute atomic E-state index is 0.0342. The van der Waals surface area contributed by atoms with Crippen molar-refractivity contribution >= 4 is 38.8 Å². The number of halogens is 3. The molecule has 3 rings (SSSR count).